The standard InChI is InChI=1S/C14H17F3N2O/c1-2-19-9-10(5-3-4-6-20)12-7-11(14(15,16)17)8-18-13(12)19/h7-9,20H,2-6H2,1H3. The van der Waals surface area contributed by atoms with Crippen LogP contribution in [-0.4, -0.2) is 21.3 Å². The van der Waals surface area contributed by atoms with Gasteiger partial charge in [0, 0.05) is 30.9 Å². The van der Waals surface area contributed by atoms with Crippen LogP contribution in [0, 0.1) is 0 Å². The van der Waals surface area contributed by atoms with E-state index in [1.807, 2.05) is 17.7 Å². The molecule has 2 rings (SSSR count). The molecule has 0 aliphatic rings. The SMILES string of the molecule is CCn1cc(CCCCO)c2cc(C(F)(F)F)cnc21. The molecule has 0 saturated carbocycles. The van der Waals surface area contributed by atoms with E-state index < -0.39 is 11.7 Å². The second-order valence-electron chi connectivity index (χ2n) is 4.71. The van der Waals surface area contributed by atoms with Crippen LogP contribution in [0.5, 0.6) is 0 Å². The monoisotopic (exact) mass is 286 g/mol. The van der Waals surface area contributed by atoms with Gasteiger partial charge in [-0.15, -0.1) is 0 Å². The summed E-state index contributed by atoms with van der Waals surface area (Å²) in [7, 11) is 0. The summed E-state index contributed by atoms with van der Waals surface area (Å²) >= 11 is 0. The maximum atomic E-state index is 12.8. The zero-order chi connectivity index (χ0) is 14.8. The Bertz CT molecular complexity index is 590. The van der Waals surface area contributed by atoms with E-state index in [0.717, 1.165) is 18.2 Å². The molecular weight excluding hydrogens is 269 g/mol. The highest BCUT2D eigenvalue weighted by Gasteiger charge is 2.31. The number of hydrogen-bond donors (Lipinski definition) is 1. The average Bonchev–Trinajstić information content (AvgIpc) is 2.76. The third-order valence-corrected chi connectivity index (χ3v) is 3.32. The fourth-order valence-electron chi connectivity index (χ4n) is 2.26. The van der Waals surface area contributed by atoms with E-state index in [1.54, 1.807) is 0 Å². The number of unbranched alkanes of at least 4 members (excludes halogenated alkanes) is 1. The smallest absolute Gasteiger partial charge is 0.396 e. The van der Waals surface area contributed by atoms with E-state index in [9.17, 15) is 13.2 Å². The molecule has 2 aromatic heterocycles. The van der Waals surface area contributed by atoms with Gasteiger partial charge in [-0.05, 0) is 37.8 Å². The highest BCUT2D eigenvalue weighted by molar-refractivity contribution is 5.81. The minimum absolute atomic E-state index is 0.0957. The third-order valence-electron chi connectivity index (χ3n) is 3.32. The van der Waals surface area contributed by atoms with Crippen molar-refractivity contribution in [2.45, 2.75) is 38.9 Å². The number of rotatable bonds is 5. The van der Waals surface area contributed by atoms with Gasteiger partial charge in [-0.2, -0.15) is 13.2 Å². The van der Waals surface area contributed by atoms with Crippen LogP contribution in [0.1, 0.15) is 30.9 Å². The van der Waals surface area contributed by atoms with Gasteiger partial charge < -0.3 is 9.67 Å². The van der Waals surface area contributed by atoms with Crippen molar-refractivity contribution in [2.75, 3.05) is 6.61 Å². The molecule has 6 heteroatoms. The first-order chi connectivity index (χ1) is 9.47. The Labute approximate surface area is 115 Å². The lowest BCUT2D eigenvalue weighted by atomic mass is 10.1. The molecule has 3 nitrogen and oxygen atoms in total. The van der Waals surface area contributed by atoms with Crippen molar-refractivity contribution in [3.63, 3.8) is 0 Å². The minimum atomic E-state index is -4.38. The fourth-order valence-corrected chi connectivity index (χ4v) is 2.26. The predicted molar refractivity (Wildman–Crippen MR) is 70.4 cm³/mol. The molecule has 0 saturated heterocycles. The van der Waals surface area contributed by atoms with Crippen LogP contribution in [-0.2, 0) is 19.1 Å². The van der Waals surface area contributed by atoms with Crippen molar-refractivity contribution in [3.05, 3.63) is 29.6 Å². The van der Waals surface area contributed by atoms with Gasteiger partial charge in [0.1, 0.15) is 5.65 Å². The number of halogens is 3. The fraction of sp³-hybridized carbons (Fsp3) is 0.500. The topological polar surface area (TPSA) is 38.0 Å². The largest absolute Gasteiger partial charge is 0.417 e. The van der Waals surface area contributed by atoms with Crippen LogP contribution in [0.3, 0.4) is 0 Å². The first-order valence-corrected chi connectivity index (χ1v) is 6.63. The lowest BCUT2D eigenvalue weighted by molar-refractivity contribution is -0.137. The Hall–Kier alpha value is -1.56. The van der Waals surface area contributed by atoms with Crippen molar-refractivity contribution in [2.24, 2.45) is 0 Å². The zero-order valence-corrected chi connectivity index (χ0v) is 11.2. The van der Waals surface area contributed by atoms with Crippen LogP contribution in [0.4, 0.5) is 13.2 Å². The molecule has 0 fully saturated rings. The molecule has 0 radical (unpaired) electrons. The Morgan fingerprint density at radius 3 is 2.65 bits per heavy atom. The summed E-state index contributed by atoms with van der Waals surface area (Å²) in [6.07, 6.45) is 0.396. The summed E-state index contributed by atoms with van der Waals surface area (Å²) in [4.78, 5) is 3.96. The molecule has 20 heavy (non-hydrogen) atoms. The van der Waals surface area contributed by atoms with Gasteiger partial charge >= 0.3 is 6.18 Å². The lowest BCUT2D eigenvalue weighted by Gasteiger charge is -2.07. The predicted octanol–water partition coefficient (Wildman–Crippen LogP) is 3.39. The lowest BCUT2D eigenvalue weighted by Crippen LogP contribution is -2.05. The summed E-state index contributed by atoms with van der Waals surface area (Å²) in [5.41, 5.74) is 0.718. The van der Waals surface area contributed by atoms with Gasteiger partial charge in [0.15, 0.2) is 0 Å². The van der Waals surface area contributed by atoms with Crippen molar-refractivity contribution < 1.29 is 18.3 Å². The molecule has 0 aromatic carbocycles. The van der Waals surface area contributed by atoms with Crippen LogP contribution < -0.4 is 0 Å². The molecule has 0 aliphatic heterocycles. The highest BCUT2D eigenvalue weighted by atomic mass is 19.4. The zero-order valence-electron chi connectivity index (χ0n) is 11.2. The van der Waals surface area contributed by atoms with Crippen molar-refractivity contribution in [1.29, 1.82) is 0 Å². The number of aryl methyl sites for hydroxylation is 2. The number of alkyl halides is 3. The summed E-state index contributed by atoms with van der Waals surface area (Å²) in [5, 5.41) is 9.35. The molecule has 0 atom stereocenters. The Kier molecular flexibility index (Phi) is 4.32. The van der Waals surface area contributed by atoms with E-state index in [0.29, 0.717) is 30.4 Å². The molecule has 0 unspecified atom stereocenters. The van der Waals surface area contributed by atoms with Crippen molar-refractivity contribution in [3.8, 4) is 0 Å². The quantitative estimate of drug-likeness (QED) is 0.856. The van der Waals surface area contributed by atoms with Gasteiger partial charge in [-0.1, -0.05) is 0 Å². The Balaban J connectivity index is 2.44. The van der Waals surface area contributed by atoms with Gasteiger partial charge in [-0.25, -0.2) is 4.98 Å². The molecule has 0 aliphatic carbocycles. The van der Waals surface area contributed by atoms with E-state index >= 15 is 0 Å². The number of aliphatic hydroxyl groups excluding tert-OH is 1. The molecule has 0 amide bonds. The van der Waals surface area contributed by atoms with Gasteiger partial charge in [-0.3, -0.25) is 0 Å². The number of nitrogens with zero attached hydrogens (tertiary/aromatic N) is 2. The highest BCUT2D eigenvalue weighted by Crippen LogP contribution is 2.32. The number of aromatic nitrogens is 2. The van der Waals surface area contributed by atoms with Crippen molar-refractivity contribution in [1.82, 2.24) is 9.55 Å². The van der Waals surface area contributed by atoms with Gasteiger partial charge in [0.2, 0.25) is 0 Å². The number of fused-ring (bicyclic) bond motifs is 1. The number of hydrogen-bond acceptors (Lipinski definition) is 2. The maximum Gasteiger partial charge on any atom is 0.417 e. The second-order valence-corrected chi connectivity index (χ2v) is 4.71. The summed E-state index contributed by atoms with van der Waals surface area (Å²) in [6.45, 7) is 2.68. The van der Waals surface area contributed by atoms with E-state index in [1.165, 1.54) is 6.07 Å². The number of aliphatic hydroxyl groups is 1. The van der Waals surface area contributed by atoms with Crippen LogP contribution in [0.25, 0.3) is 11.0 Å². The summed E-state index contributed by atoms with van der Waals surface area (Å²) in [5.74, 6) is 0. The van der Waals surface area contributed by atoms with Crippen LogP contribution in [0.15, 0.2) is 18.5 Å². The Morgan fingerprint density at radius 2 is 2.05 bits per heavy atom. The normalized spacial score (nSPS) is 12.2. The summed E-state index contributed by atoms with van der Waals surface area (Å²) in [6, 6.07) is 1.17. The summed E-state index contributed by atoms with van der Waals surface area (Å²) < 4.78 is 40.1. The maximum absolute atomic E-state index is 12.8. The Morgan fingerprint density at radius 1 is 1.30 bits per heavy atom. The van der Waals surface area contributed by atoms with Crippen molar-refractivity contribution >= 4 is 11.0 Å². The second kappa shape index (κ2) is 5.83. The minimum Gasteiger partial charge on any atom is -0.396 e. The van der Waals surface area contributed by atoms with E-state index in [-0.39, 0.29) is 6.61 Å². The van der Waals surface area contributed by atoms with Crippen LogP contribution >= 0.6 is 0 Å². The average molecular weight is 286 g/mol. The van der Waals surface area contributed by atoms with E-state index in [4.69, 9.17) is 5.11 Å². The number of pyridine rings is 1. The van der Waals surface area contributed by atoms with Gasteiger partial charge in [0.25, 0.3) is 0 Å². The van der Waals surface area contributed by atoms with Gasteiger partial charge in [0.05, 0.1) is 5.56 Å². The molecule has 2 aromatic rings. The molecule has 0 bridgehead atoms. The first-order valence-electron chi connectivity index (χ1n) is 6.63. The van der Waals surface area contributed by atoms with Crippen LogP contribution in [0.2, 0.25) is 0 Å². The molecule has 1 N–H and O–H groups in total. The molecule has 110 valence electrons. The molecule has 0 spiro atoms. The third kappa shape index (κ3) is 2.95. The molecular formula is C14H17F3N2O. The molecule has 2 heterocycles. The van der Waals surface area contributed by atoms with E-state index in [2.05, 4.69) is 4.98 Å². The first kappa shape index (κ1) is 14.8.